The van der Waals surface area contributed by atoms with Gasteiger partial charge in [-0.15, -0.1) is 0 Å². The molecule has 1 aromatic heterocycles. The second-order valence-electron chi connectivity index (χ2n) is 9.43. The molecule has 5 rings (SSSR count). The smallest absolute Gasteiger partial charge is 0.267 e. The van der Waals surface area contributed by atoms with Crippen LogP contribution in [0.15, 0.2) is 24.5 Å². The third-order valence-electron chi connectivity index (χ3n) is 8.14. The lowest BCUT2D eigenvalue weighted by Crippen LogP contribution is -2.47. The van der Waals surface area contributed by atoms with Crippen LogP contribution in [0, 0.1) is 16.7 Å². The molecule has 2 saturated carbocycles. The average molecular weight is 406 g/mol. The fourth-order valence-corrected chi connectivity index (χ4v) is 9.02. The van der Waals surface area contributed by atoms with Crippen molar-refractivity contribution in [3.8, 4) is 0 Å². The van der Waals surface area contributed by atoms with E-state index in [0.29, 0.717) is 12.3 Å². The maximum absolute atomic E-state index is 13.4. The van der Waals surface area contributed by atoms with E-state index in [9.17, 15) is 13.2 Å². The number of hydrogen-bond donors (Lipinski definition) is 0. The van der Waals surface area contributed by atoms with Crippen LogP contribution in [0.2, 0.25) is 0 Å². The first-order valence-corrected chi connectivity index (χ1v) is 11.6. The fraction of sp³-hybridized carbons (Fsp3) is 0.700. The zero-order valence-corrected chi connectivity index (χ0v) is 17.4. The van der Waals surface area contributed by atoms with Crippen LogP contribution in [0.1, 0.15) is 51.1 Å². The van der Waals surface area contributed by atoms with Crippen molar-refractivity contribution >= 4 is 15.9 Å². The number of pyridine rings is 1. The molecular weight excluding hydrogens is 378 g/mol. The van der Waals surface area contributed by atoms with Crippen molar-refractivity contribution in [2.75, 3.05) is 12.8 Å². The fourth-order valence-electron chi connectivity index (χ4n) is 6.45. The second kappa shape index (κ2) is 5.77. The SMILES string of the molecule is CN1O[C@H](C(=O)N2[C@H]3CC4CCC3(CS2(=O)=O)C4(C)C)C[C@H]1c1cccnc1. The predicted octanol–water partition coefficient (Wildman–Crippen LogP) is 2.13. The second-order valence-corrected chi connectivity index (χ2v) is 11.3. The van der Waals surface area contributed by atoms with Crippen LogP contribution in [0.5, 0.6) is 0 Å². The largest absolute Gasteiger partial charge is 0.285 e. The number of aromatic nitrogens is 1. The van der Waals surface area contributed by atoms with E-state index >= 15 is 0 Å². The Bertz CT molecular complexity index is 919. The lowest BCUT2D eigenvalue weighted by molar-refractivity contribution is -0.169. The molecule has 152 valence electrons. The Labute approximate surface area is 166 Å². The molecule has 2 bridgehead atoms. The van der Waals surface area contributed by atoms with Crippen LogP contribution < -0.4 is 0 Å². The van der Waals surface area contributed by atoms with Gasteiger partial charge in [-0.25, -0.2) is 12.7 Å². The van der Waals surface area contributed by atoms with Gasteiger partial charge in [-0.3, -0.25) is 14.6 Å². The summed E-state index contributed by atoms with van der Waals surface area (Å²) >= 11 is 0. The van der Waals surface area contributed by atoms with E-state index in [1.807, 2.05) is 12.1 Å². The Kier molecular flexibility index (Phi) is 3.81. The maximum atomic E-state index is 13.4. The van der Waals surface area contributed by atoms with Crippen molar-refractivity contribution in [2.24, 2.45) is 16.7 Å². The van der Waals surface area contributed by atoms with Crippen molar-refractivity contribution in [1.82, 2.24) is 14.4 Å². The molecule has 2 aliphatic carbocycles. The van der Waals surface area contributed by atoms with Gasteiger partial charge in [-0.1, -0.05) is 19.9 Å². The Morgan fingerprint density at radius 2 is 2.11 bits per heavy atom. The monoisotopic (exact) mass is 405 g/mol. The minimum Gasteiger partial charge on any atom is -0.285 e. The summed E-state index contributed by atoms with van der Waals surface area (Å²) in [6, 6.07) is 3.47. The first-order chi connectivity index (χ1) is 13.2. The van der Waals surface area contributed by atoms with E-state index in [4.69, 9.17) is 4.84 Å². The standard InChI is InChI=1S/C20H27N3O4S/c1-19(2)14-6-7-20(19)12-28(25,26)23(17(20)9-14)18(24)16-10-15(22(3)27-16)13-5-4-8-21-11-13/h4-5,8,11,14-17H,6-7,9-10,12H2,1-3H3/t14?,15-,16-,17-,20?/m0/s1. The lowest BCUT2D eigenvalue weighted by atomic mass is 9.69. The van der Waals surface area contributed by atoms with Crippen molar-refractivity contribution in [1.29, 1.82) is 0 Å². The minimum atomic E-state index is -3.62. The van der Waals surface area contributed by atoms with E-state index in [1.165, 1.54) is 4.31 Å². The van der Waals surface area contributed by atoms with Gasteiger partial charge in [0.2, 0.25) is 10.0 Å². The van der Waals surface area contributed by atoms with Crippen LogP contribution in [0.4, 0.5) is 0 Å². The summed E-state index contributed by atoms with van der Waals surface area (Å²) in [4.78, 5) is 23.4. The summed E-state index contributed by atoms with van der Waals surface area (Å²) < 4.78 is 27.4. The molecule has 7 nitrogen and oxygen atoms in total. The van der Waals surface area contributed by atoms with Crippen molar-refractivity contribution in [3.63, 3.8) is 0 Å². The summed E-state index contributed by atoms with van der Waals surface area (Å²) in [7, 11) is -1.84. The molecule has 4 fully saturated rings. The number of carbonyl (C=O) groups is 1. The molecule has 4 aliphatic rings. The molecule has 1 amide bonds. The Morgan fingerprint density at radius 3 is 2.79 bits per heavy atom. The summed E-state index contributed by atoms with van der Waals surface area (Å²) in [5, 5.41) is 1.66. The Balaban J connectivity index is 1.43. The summed E-state index contributed by atoms with van der Waals surface area (Å²) in [6.45, 7) is 4.37. The highest BCUT2D eigenvalue weighted by Gasteiger charge is 2.72. The molecule has 0 N–H and O–H groups in total. The third-order valence-corrected chi connectivity index (χ3v) is 10.1. The molecule has 8 heteroatoms. The average Bonchev–Trinajstić information content (AvgIpc) is 3.28. The highest BCUT2D eigenvalue weighted by molar-refractivity contribution is 7.90. The highest BCUT2D eigenvalue weighted by Crippen LogP contribution is 2.70. The molecule has 3 heterocycles. The Hall–Kier alpha value is -1.51. The molecule has 0 radical (unpaired) electrons. The zero-order valence-electron chi connectivity index (χ0n) is 16.5. The Morgan fingerprint density at radius 1 is 1.32 bits per heavy atom. The van der Waals surface area contributed by atoms with Gasteiger partial charge in [0.1, 0.15) is 0 Å². The zero-order chi connectivity index (χ0) is 19.9. The number of fused-ring (bicyclic) bond motifs is 1. The van der Waals surface area contributed by atoms with Gasteiger partial charge < -0.3 is 0 Å². The van der Waals surface area contributed by atoms with E-state index in [-0.39, 0.29) is 28.7 Å². The van der Waals surface area contributed by atoms with Crippen LogP contribution in [-0.2, 0) is 19.7 Å². The van der Waals surface area contributed by atoms with E-state index < -0.39 is 22.0 Å². The quantitative estimate of drug-likeness (QED) is 0.750. The summed E-state index contributed by atoms with van der Waals surface area (Å²) in [6.07, 6.45) is 5.86. The van der Waals surface area contributed by atoms with Crippen molar-refractivity contribution in [2.45, 2.75) is 57.7 Å². The number of sulfonamides is 1. The molecule has 28 heavy (non-hydrogen) atoms. The molecule has 0 aromatic carbocycles. The van der Waals surface area contributed by atoms with Gasteiger partial charge in [0.05, 0.1) is 17.8 Å². The number of nitrogens with zero attached hydrogens (tertiary/aromatic N) is 3. The molecular formula is C20H27N3O4S. The molecule has 2 saturated heterocycles. The molecule has 1 aromatic rings. The third kappa shape index (κ3) is 2.25. The summed E-state index contributed by atoms with van der Waals surface area (Å²) in [5.41, 5.74) is 0.604. The number of rotatable bonds is 2. The van der Waals surface area contributed by atoms with Crippen LogP contribution >= 0.6 is 0 Å². The van der Waals surface area contributed by atoms with Crippen molar-refractivity contribution < 1.29 is 18.0 Å². The first kappa shape index (κ1) is 18.5. The minimum absolute atomic E-state index is 0.0503. The first-order valence-electron chi connectivity index (χ1n) is 10.0. The normalized spacial score (nSPS) is 40.8. The van der Waals surface area contributed by atoms with Gasteiger partial charge in [-0.05, 0) is 42.2 Å². The molecule has 5 atom stereocenters. The van der Waals surface area contributed by atoms with Crippen molar-refractivity contribution in [3.05, 3.63) is 30.1 Å². The molecule has 2 unspecified atom stereocenters. The van der Waals surface area contributed by atoms with Gasteiger partial charge in [0, 0.05) is 31.3 Å². The van der Waals surface area contributed by atoms with Crippen LogP contribution in [0.25, 0.3) is 0 Å². The van der Waals surface area contributed by atoms with Gasteiger partial charge in [-0.2, -0.15) is 5.06 Å². The van der Waals surface area contributed by atoms with Gasteiger partial charge in [0.25, 0.3) is 5.91 Å². The topological polar surface area (TPSA) is 79.8 Å². The predicted molar refractivity (Wildman–Crippen MR) is 102 cm³/mol. The summed E-state index contributed by atoms with van der Waals surface area (Å²) in [5.74, 6) is 0.177. The number of hydrogen-bond acceptors (Lipinski definition) is 6. The lowest BCUT2D eigenvalue weighted by Gasteiger charge is -2.37. The van der Waals surface area contributed by atoms with Crippen LogP contribution in [-0.4, -0.2) is 53.6 Å². The van der Waals surface area contributed by atoms with E-state index in [2.05, 4.69) is 18.8 Å². The highest BCUT2D eigenvalue weighted by atomic mass is 32.2. The van der Waals surface area contributed by atoms with Gasteiger partial charge in [0.15, 0.2) is 6.10 Å². The van der Waals surface area contributed by atoms with Gasteiger partial charge >= 0.3 is 0 Å². The number of carbonyl (C=O) groups excluding carboxylic acids is 1. The molecule has 2 aliphatic heterocycles. The van der Waals surface area contributed by atoms with Crippen LogP contribution in [0.3, 0.4) is 0 Å². The molecule has 1 spiro atoms. The number of amides is 1. The maximum Gasteiger partial charge on any atom is 0.267 e. The van der Waals surface area contributed by atoms with E-state index in [0.717, 1.165) is 24.8 Å². The number of hydroxylamine groups is 2. The van der Waals surface area contributed by atoms with E-state index in [1.54, 1.807) is 24.5 Å².